The number of ketones is 1. The molecule has 4 nitrogen and oxygen atoms in total. The van der Waals surface area contributed by atoms with Crippen molar-refractivity contribution in [1.82, 2.24) is 9.55 Å². The zero-order chi connectivity index (χ0) is 19.1. The topological polar surface area (TPSA) is 54.9 Å². The van der Waals surface area contributed by atoms with Crippen molar-refractivity contribution < 1.29 is 9.59 Å². The highest BCUT2D eigenvalue weighted by Crippen LogP contribution is 2.42. The van der Waals surface area contributed by atoms with Crippen molar-refractivity contribution >= 4 is 46.2 Å². The highest BCUT2D eigenvalue weighted by Gasteiger charge is 2.23. The molecule has 0 unspecified atom stereocenters. The zero-order valence-corrected chi connectivity index (χ0v) is 15.8. The van der Waals surface area contributed by atoms with Crippen LogP contribution in [0.25, 0.3) is 33.2 Å². The molecule has 0 radical (unpaired) electrons. The summed E-state index contributed by atoms with van der Waals surface area (Å²) in [6.45, 7) is 0. The third kappa shape index (κ3) is 2.87. The summed E-state index contributed by atoms with van der Waals surface area (Å²) in [5.74, 6) is -0.616. The van der Waals surface area contributed by atoms with Gasteiger partial charge in [-0.1, -0.05) is 47.5 Å². The predicted molar refractivity (Wildman–Crippen MR) is 109 cm³/mol. The molecule has 0 saturated heterocycles. The summed E-state index contributed by atoms with van der Waals surface area (Å²) in [6, 6.07) is 13.1. The number of aromatic amines is 1. The molecule has 0 atom stereocenters. The van der Waals surface area contributed by atoms with Gasteiger partial charge in [0.15, 0.2) is 6.29 Å². The summed E-state index contributed by atoms with van der Waals surface area (Å²) in [4.78, 5) is 26.4. The Morgan fingerprint density at radius 1 is 1.07 bits per heavy atom. The molecule has 4 rings (SSSR count). The smallest absolute Gasteiger partial charge is 0.242 e. The van der Waals surface area contributed by atoms with Crippen LogP contribution in [-0.4, -0.2) is 21.6 Å². The first-order chi connectivity index (χ1) is 13.0. The van der Waals surface area contributed by atoms with Crippen LogP contribution in [0.3, 0.4) is 0 Å². The second-order valence-electron chi connectivity index (χ2n) is 6.23. The van der Waals surface area contributed by atoms with Crippen LogP contribution in [0.15, 0.2) is 54.9 Å². The van der Waals surface area contributed by atoms with E-state index in [9.17, 15) is 9.59 Å². The summed E-state index contributed by atoms with van der Waals surface area (Å²) in [6.07, 6.45) is 3.96. The van der Waals surface area contributed by atoms with Gasteiger partial charge in [0.25, 0.3) is 0 Å². The van der Waals surface area contributed by atoms with Crippen molar-refractivity contribution in [2.45, 2.75) is 0 Å². The van der Waals surface area contributed by atoms with Gasteiger partial charge in [0.1, 0.15) is 0 Å². The number of hydrogen-bond donors (Lipinski definition) is 1. The lowest BCUT2D eigenvalue weighted by Gasteiger charge is -2.08. The monoisotopic (exact) mass is 396 g/mol. The number of H-pyrrole nitrogens is 1. The van der Waals surface area contributed by atoms with E-state index in [1.54, 1.807) is 24.4 Å². The van der Waals surface area contributed by atoms with Crippen molar-refractivity contribution in [3.63, 3.8) is 0 Å². The second-order valence-corrected chi connectivity index (χ2v) is 7.07. The van der Waals surface area contributed by atoms with Gasteiger partial charge in [-0.05, 0) is 18.2 Å². The van der Waals surface area contributed by atoms with E-state index in [0.717, 1.165) is 27.6 Å². The number of Topliss-reactive ketones (excluding diaryl/α,β-unsaturated/α-hetero) is 1. The number of carbonyl (C=O) groups excluding carboxylic acids is 2. The molecular formula is C21H14Cl2N2O2. The van der Waals surface area contributed by atoms with Gasteiger partial charge in [0.05, 0.1) is 5.69 Å². The normalized spacial score (nSPS) is 11.1. The maximum absolute atomic E-state index is 12.3. The van der Waals surface area contributed by atoms with Crippen molar-refractivity contribution in [2.24, 2.45) is 7.05 Å². The van der Waals surface area contributed by atoms with Crippen LogP contribution in [0.4, 0.5) is 0 Å². The molecule has 0 aliphatic carbocycles. The number of fused-ring (bicyclic) bond motifs is 1. The molecule has 0 amide bonds. The van der Waals surface area contributed by atoms with Crippen molar-refractivity contribution in [1.29, 1.82) is 0 Å². The molecule has 27 heavy (non-hydrogen) atoms. The largest absolute Gasteiger partial charge is 0.357 e. The second kappa shape index (κ2) is 6.72. The summed E-state index contributed by atoms with van der Waals surface area (Å²) < 4.78 is 1.99. The zero-order valence-electron chi connectivity index (χ0n) is 14.3. The molecule has 0 bridgehead atoms. The predicted octanol–water partition coefficient (Wildman–Crippen LogP) is 5.53. The van der Waals surface area contributed by atoms with Crippen molar-refractivity contribution in [3.8, 4) is 22.3 Å². The SMILES string of the molecule is Cn1cc(-c2c(-c3ccc(Cl)cc3Cl)c[nH]c2C(=O)C=O)c2ccccc21. The van der Waals surface area contributed by atoms with Gasteiger partial charge in [-0.2, -0.15) is 0 Å². The number of nitrogens with one attached hydrogen (secondary N) is 1. The van der Waals surface area contributed by atoms with Crippen LogP contribution in [0.2, 0.25) is 10.0 Å². The Bertz CT molecular complexity index is 1200. The third-order valence-electron chi connectivity index (χ3n) is 4.62. The molecule has 4 aromatic rings. The molecule has 1 N–H and O–H groups in total. The maximum Gasteiger partial charge on any atom is 0.242 e. The number of carbonyl (C=O) groups is 2. The fourth-order valence-corrected chi connectivity index (χ4v) is 3.93. The van der Waals surface area contributed by atoms with Gasteiger partial charge < -0.3 is 9.55 Å². The number of benzene rings is 2. The van der Waals surface area contributed by atoms with E-state index in [1.807, 2.05) is 42.1 Å². The fourth-order valence-electron chi connectivity index (χ4n) is 3.42. The van der Waals surface area contributed by atoms with Crippen LogP contribution in [0.1, 0.15) is 10.5 Å². The van der Waals surface area contributed by atoms with E-state index in [0.29, 0.717) is 21.9 Å². The summed E-state index contributed by atoms with van der Waals surface area (Å²) in [7, 11) is 1.94. The van der Waals surface area contributed by atoms with Gasteiger partial charge in [-0.25, -0.2) is 0 Å². The first-order valence-corrected chi connectivity index (χ1v) is 8.97. The Kier molecular flexibility index (Phi) is 4.38. The van der Waals surface area contributed by atoms with Crippen LogP contribution in [0.5, 0.6) is 0 Å². The third-order valence-corrected chi connectivity index (χ3v) is 5.17. The Morgan fingerprint density at radius 3 is 2.59 bits per heavy atom. The van der Waals surface area contributed by atoms with E-state index >= 15 is 0 Å². The number of hydrogen-bond acceptors (Lipinski definition) is 2. The number of aryl methyl sites for hydroxylation is 1. The molecule has 0 aliphatic rings. The van der Waals surface area contributed by atoms with Gasteiger partial charge in [-0.3, -0.25) is 9.59 Å². The van der Waals surface area contributed by atoms with Gasteiger partial charge in [0, 0.05) is 62.6 Å². The Hall–Kier alpha value is -2.82. The molecule has 2 aromatic heterocycles. The van der Waals surface area contributed by atoms with Gasteiger partial charge in [0.2, 0.25) is 5.78 Å². The number of para-hydroxylation sites is 1. The number of halogens is 2. The minimum absolute atomic E-state index is 0.238. The Morgan fingerprint density at radius 2 is 1.85 bits per heavy atom. The van der Waals surface area contributed by atoms with Gasteiger partial charge in [-0.15, -0.1) is 0 Å². The Labute approximate surface area is 165 Å². The summed E-state index contributed by atoms with van der Waals surface area (Å²) in [5, 5.41) is 1.97. The van der Waals surface area contributed by atoms with Crippen molar-refractivity contribution in [2.75, 3.05) is 0 Å². The molecule has 0 spiro atoms. The van der Waals surface area contributed by atoms with Crippen LogP contribution in [-0.2, 0) is 11.8 Å². The number of nitrogens with zero attached hydrogens (tertiary/aromatic N) is 1. The standard InChI is InChI=1S/C21H14Cl2N2O2/c1-25-10-16(14-4-2-3-5-18(14)25)20-15(9-24-21(20)19(27)11-26)13-7-6-12(22)8-17(13)23/h2-11,24H,1H3. The molecule has 0 fully saturated rings. The average molecular weight is 397 g/mol. The Balaban J connectivity index is 2.07. The summed E-state index contributed by atoms with van der Waals surface area (Å²) in [5.41, 5.74) is 4.21. The van der Waals surface area contributed by atoms with Crippen LogP contribution < -0.4 is 0 Å². The first kappa shape index (κ1) is 17.6. The van der Waals surface area contributed by atoms with E-state index in [2.05, 4.69) is 4.98 Å². The lowest BCUT2D eigenvalue weighted by Crippen LogP contribution is -2.02. The number of aromatic nitrogens is 2. The van der Waals surface area contributed by atoms with Crippen molar-refractivity contribution in [3.05, 3.63) is 70.6 Å². The lowest BCUT2D eigenvalue weighted by atomic mass is 9.95. The highest BCUT2D eigenvalue weighted by atomic mass is 35.5. The lowest BCUT2D eigenvalue weighted by molar-refractivity contribution is -0.104. The maximum atomic E-state index is 12.3. The van der Waals surface area contributed by atoms with E-state index in [4.69, 9.17) is 23.2 Å². The molecule has 2 aromatic carbocycles. The highest BCUT2D eigenvalue weighted by molar-refractivity contribution is 6.37. The minimum atomic E-state index is -0.616. The van der Waals surface area contributed by atoms with E-state index in [-0.39, 0.29) is 5.69 Å². The molecular weight excluding hydrogens is 383 g/mol. The number of rotatable bonds is 4. The summed E-state index contributed by atoms with van der Waals surface area (Å²) >= 11 is 12.4. The quantitative estimate of drug-likeness (QED) is 0.280. The van der Waals surface area contributed by atoms with Crippen LogP contribution >= 0.6 is 23.2 Å². The molecule has 0 saturated carbocycles. The molecule has 134 valence electrons. The molecule has 2 heterocycles. The van der Waals surface area contributed by atoms with E-state index < -0.39 is 5.78 Å². The first-order valence-electron chi connectivity index (χ1n) is 8.22. The molecule has 6 heteroatoms. The van der Waals surface area contributed by atoms with Crippen LogP contribution in [0, 0.1) is 0 Å². The fraction of sp³-hybridized carbons (Fsp3) is 0.0476. The molecule has 0 aliphatic heterocycles. The number of aldehydes is 1. The van der Waals surface area contributed by atoms with E-state index in [1.165, 1.54) is 0 Å². The average Bonchev–Trinajstić information content (AvgIpc) is 3.23. The minimum Gasteiger partial charge on any atom is -0.357 e. The van der Waals surface area contributed by atoms with Gasteiger partial charge >= 0.3 is 0 Å².